The van der Waals surface area contributed by atoms with Gasteiger partial charge in [-0.05, 0) is 43.4 Å². The van der Waals surface area contributed by atoms with Crippen LogP contribution in [0.25, 0.3) is 0 Å². The van der Waals surface area contributed by atoms with E-state index in [0.29, 0.717) is 6.54 Å². The molecule has 1 heterocycles. The summed E-state index contributed by atoms with van der Waals surface area (Å²) < 4.78 is 0. The second kappa shape index (κ2) is 8.28. The number of hydrogen-bond acceptors (Lipinski definition) is 4. The van der Waals surface area contributed by atoms with E-state index in [1.165, 1.54) is 0 Å². The van der Waals surface area contributed by atoms with Crippen LogP contribution >= 0.6 is 11.8 Å². The van der Waals surface area contributed by atoms with Crippen LogP contribution in [0.3, 0.4) is 0 Å². The fourth-order valence-corrected chi connectivity index (χ4v) is 5.59. The van der Waals surface area contributed by atoms with Gasteiger partial charge >= 0.3 is 0 Å². The summed E-state index contributed by atoms with van der Waals surface area (Å²) in [5, 5.41) is 7.38. The molecule has 2 aromatic rings. The van der Waals surface area contributed by atoms with Crippen molar-refractivity contribution in [3.8, 4) is 0 Å². The van der Waals surface area contributed by atoms with Gasteiger partial charge in [0.1, 0.15) is 9.91 Å². The number of nitrogens with zero attached hydrogens (tertiary/aromatic N) is 2. The number of hydrogen-bond donors (Lipinski definition) is 1. The Labute approximate surface area is 165 Å². The SMILES string of the molecule is CC[C@H](CCN)[C@]1(c2ccccc2C)SC(c2ccccc2)=NN1C(C)=O. The maximum atomic E-state index is 12.7. The molecule has 27 heavy (non-hydrogen) atoms. The summed E-state index contributed by atoms with van der Waals surface area (Å²) >= 11 is 1.69. The van der Waals surface area contributed by atoms with Crippen LogP contribution in [0.4, 0.5) is 0 Å². The molecule has 142 valence electrons. The van der Waals surface area contributed by atoms with Gasteiger partial charge in [0, 0.05) is 12.5 Å². The molecule has 0 saturated heterocycles. The van der Waals surface area contributed by atoms with Gasteiger partial charge < -0.3 is 5.73 Å². The standard InChI is InChI=1S/C22H27N3OS/c1-4-19(14-15-23)22(20-13-9-8-10-16(20)2)25(17(3)26)24-21(27-22)18-11-6-5-7-12-18/h5-13,19H,4,14-15,23H2,1-3H3/t19-,22-/m1/s1. The van der Waals surface area contributed by atoms with E-state index >= 15 is 0 Å². The van der Waals surface area contributed by atoms with E-state index in [4.69, 9.17) is 10.8 Å². The number of nitrogens with two attached hydrogens (primary N) is 1. The van der Waals surface area contributed by atoms with Gasteiger partial charge in [0.2, 0.25) is 5.91 Å². The minimum atomic E-state index is -0.573. The van der Waals surface area contributed by atoms with Crippen molar-refractivity contribution >= 4 is 22.7 Å². The monoisotopic (exact) mass is 381 g/mol. The minimum Gasteiger partial charge on any atom is -0.330 e. The lowest BCUT2D eigenvalue weighted by molar-refractivity contribution is -0.133. The number of thioether (sulfide) groups is 1. The van der Waals surface area contributed by atoms with Crippen molar-refractivity contribution in [3.63, 3.8) is 0 Å². The molecule has 0 bridgehead atoms. The van der Waals surface area contributed by atoms with E-state index in [2.05, 4.69) is 26.0 Å². The van der Waals surface area contributed by atoms with Crippen molar-refractivity contribution in [1.29, 1.82) is 0 Å². The predicted octanol–water partition coefficient (Wildman–Crippen LogP) is 4.48. The third-order valence-electron chi connectivity index (χ3n) is 5.17. The highest BCUT2D eigenvalue weighted by Gasteiger charge is 2.52. The molecule has 0 fully saturated rings. The molecule has 1 aliphatic rings. The first-order valence-corrected chi connectivity index (χ1v) is 10.3. The first-order valence-electron chi connectivity index (χ1n) is 9.44. The Kier molecular flexibility index (Phi) is 6.02. The predicted molar refractivity (Wildman–Crippen MR) is 113 cm³/mol. The molecule has 5 heteroatoms. The molecule has 0 saturated carbocycles. The fourth-order valence-electron chi connectivity index (χ4n) is 3.88. The zero-order valence-electron chi connectivity index (χ0n) is 16.2. The highest BCUT2D eigenvalue weighted by Crippen LogP contribution is 2.54. The summed E-state index contributed by atoms with van der Waals surface area (Å²) in [4.78, 5) is 12.1. The molecule has 4 nitrogen and oxygen atoms in total. The first-order chi connectivity index (χ1) is 13.0. The summed E-state index contributed by atoms with van der Waals surface area (Å²) in [6.07, 6.45) is 1.75. The molecular weight excluding hydrogens is 354 g/mol. The highest BCUT2D eigenvalue weighted by atomic mass is 32.2. The molecular formula is C22H27N3OS. The summed E-state index contributed by atoms with van der Waals surface area (Å²) in [5.41, 5.74) is 9.30. The number of carbonyl (C=O) groups excluding carboxylic acids is 1. The molecule has 2 atom stereocenters. The average Bonchev–Trinajstić information content (AvgIpc) is 3.09. The van der Waals surface area contributed by atoms with Crippen molar-refractivity contribution in [3.05, 3.63) is 71.3 Å². The average molecular weight is 382 g/mol. The molecule has 0 unspecified atom stereocenters. The Bertz CT molecular complexity index is 836. The van der Waals surface area contributed by atoms with Crippen molar-refractivity contribution in [1.82, 2.24) is 5.01 Å². The topological polar surface area (TPSA) is 58.7 Å². The first kappa shape index (κ1) is 19.6. The number of aryl methyl sites for hydroxylation is 1. The maximum Gasteiger partial charge on any atom is 0.241 e. The smallest absolute Gasteiger partial charge is 0.241 e. The van der Waals surface area contributed by atoms with Crippen LogP contribution in [0.5, 0.6) is 0 Å². The zero-order valence-corrected chi connectivity index (χ0v) is 17.0. The third kappa shape index (κ3) is 3.54. The molecule has 2 N–H and O–H groups in total. The van der Waals surface area contributed by atoms with Crippen LogP contribution in [0, 0.1) is 12.8 Å². The van der Waals surface area contributed by atoms with E-state index in [1.807, 2.05) is 42.5 Å². The van der Waals surface area contributed by atoms with Crippen molar-refractivity contribution in [2.75, 3.05) is 6.54 Å². The summed E-state index contributed by atoms with van der Waals surface area (Å²) in [6.45, 7) is 6.45. The molecule has 2 aromatic carbocycles. The van der Waals surface area contributed by atoms with Gasteiger partial charge in [0.15, 0.2) is 0 Å². The van der Waals surface area contributed by atoms with Crippen LogP contribution in [-0.4, -0.2) is 22.5 Å². The molecule has 1 aliphatic heterocycles. The van der Waals surface area contributed by atoms with Crippen LogP contribution in [-0.2, 0) is 9.67 Å². The van der Waals surface area contributed by atoms with Gasteiger partial charge in [-0.2, -0.15) is 5.10 Å². The molecule has 0 radical (unpaired) electrons. The van der Waals surface area contributed by atoms with Crippen molar-refractivity contribution in [2.45, 2.75) is 38.5 Å². The Morgan fingerprint density at radius 1 is 1.19 bits per heavy atom. The second-order valence-electron chi connectivity index (χ2n) is 6.90. The number of benzene rings is 2. The lowest BCUT2D eigenvalue weighted by atomic mass is 9.85. The highest BCUT2D eigenvalue weighted by molar-refractivity contribution is 8.15. The van der Waals surface area contributed by atoms with Gasteiger partial charge in [-0.15, -0.1) is 0 Å². The Morgan fingerprint density at radius 3 is 2.44 bits per heavy atom. The van der Waals surface area contributed by atoms with Crippen molar-refractivity contribution < 1.29 is 4.79 Å². The fraction of sp³-hybridized carbons (Fsp3) is 0.364. The normalized spacial score (nSPS) is 20.4. The molecule has 0 spiro atoms. The van der Waals surface area contributed by atoms with Crippen LogP contribution in [0.15, 0.2) is 59.7 Å². The summed E-state index contributed by atoms with van der Waals surface area (Å²) in [6, 6.07) is 18.4. The lowest BCUT2D eigenvalue weighted by Crippen LogP contribution is -2.47. The van der Waals surface area contributed by atoms with Gasteiger partial charge in [0.25, 0.3) is 0 Å². The Morgan fingerprint density at radius 2 is 1.85 bits per heavy atom. The van der Waals surface area contributed by atoms with E-state index < -0.39 is 4.87 Å². The van der Waals surface area contributed by atoms with Gasteiger partial charge in [0.05, 0.1) is 0 Å². The van der Waals surface area contributed by atoms with E-state index in [0.717, 1.165) is 34.6 Å². The molecule has 0 aliphatic carbocycles. The van der Waals surface area contributed by atoms with E-state index in [1.54, 1.807) is 23.7 Å². The number of rotatable bonds is 6. The summed E-state index contributed by atoms with van der Waals surface area (Å²) in [7, 11) is 0. The molecule has 1 amide bonds. The number of amides is 1. The van der Waals surface area contributed by atoms with Gasteiger partial charge in [-0.3, -0.25) is 4.79 Å². The molecule has 3 rings (SSSR count). The summed E-state index contributed by atoms with van der Waals surface area (Å²) in [5.74, 6) is 0.148. The maximum absolute atomic E-state index is 12.7. The lowest BCUT2D eigenvalue weighted by Gasteiger charge is -2.42. The quantitative estimate of drug-likeness (QED) is 0.802. The van der Waals surface area contributed by atoms with Crippen LogP contribution in [0.1, 0.15) is 43.4 Å². The van der Waals surface area contributed by atoms with Crippen LogP contribution in [0.2, 0.25) is 0 Å². The molecule has 0 aromatic heterocycles. The zero-order chi connectivity index (χ0) is 19.4. The largest absolute Gasteiger partial charge is 0.330 e. The van der Waals surface area contributed by atoms with Crippen molar-refractivity contribution in [2.24, 2.45) is 16.8 Å². The Hall–Kier alpha value is -2.11. The van der Waals surface area contributed by atoms with E-state index in [9.17, 15) is 4.79 Å². The Balaban J connectivity index is 2.20. The van der Waals surface area contributed by atoms with Crippen LogP contribution < -0.4 is 5.73 Å². The minimum absolute atomic E-state index is 0.0489. The van der Waals surface area contributed by atoms with E-state index in [-0.39, 0.29) is 11.8 Å². The van der Waals surface area contributed by atoms with Gasteiger partial charge in [-0.25, -0.2) is 5.01 Å². The number of hydrazone groups is 1. The van der Waals surface area contributed by atoms with Gasteiger partial charge in [-0.1, -0.05) is 73.3 Å². The second-order valence-corrected chi connectivity index (χ2v) is 8.11. The third-order valence-corrected chi connectivity index (χ3v) is 6.72. The number of carbonyl (C=O) groups is 1.